The van der Waals surface area contributed by atoms with Crippen LogP contribution in [0.2, 0.25) is 0 Å². The summed E-state index contributed by atoms with van der Waals surface area (Å²) in [4.78, 5) is 4.95. The third-order valence-electron chi connectivity index (χ3n) is 4.09. The molecule has 6 heteroatoms. The Morgan fingerprint density at radius 2 is 0.923 bits per heavy atom. The molecule has 1 rings (SSSR count). The molecular weight excluding hydrogens is 332 g/mol. The fraction of sp³-hybridized carbons (Fsp3) is 1.00. The van der Waals surface area contributed by atoms with Crippen molar-refractivity contribution in [1.82, 2.24) is 9.80 Å². The lowest BCUT2D eigenvalue weighted by Gasteiger charge is -2.35. The lowest BCUT2D eigenvalue weighted by molar-refractivity contribution is -0.0436. The minimum absolute atomic E-state index is 0.0392. The lowest BCUT2D eigenvalue weighted by Crippen LogP contribution is -2.48. The summed E-state index contributed by atoms with van der Waals surface area (Å²) < 4.78 is 22.6. The molecule has 0 saturated carbocycles. The van der Waals surface area contributed by atoms with Gasteiger partial charge < -0.3 is 18.9 Å². The maximum atomic E-state index is 5.81. The zero-order valence-corrected chi connectivity index (χ0v) is 18.0. The van der Waals surface area contributed by atoms with Crippen molar-refractivity contribution in [2.75, 3.05) is 78.9 Å². The number of rotatable bonds is 12. The highest BCUT2D eigenvalue weighted by Crippen LogP contribution is 2.08. The number of hydrogen-bond acceptors (Lipinski definition) is 6. The third kappa shape index (κ3) is 13.9. The predicted molar refractivity (Wildman–Crippen MR) is 106 cm³/mol. The van der Waals surface area contributed by atoms with Crippen molar-refractivity contribution in [3.8, 4) is 0 Å². The first-order valence-corrected chi connectivity index (χ1v) is 10.0. The molecule has 1 saturated heterocycles. The maximum Gasteiger partial charge on any atom is 0.0707 e. The quantitative estimate of drug-likeness (QED) is 0.488. The van der Waals surface area contributed by atoms with E-state index >= 15 is 0 Å². The maximum absolute atomic E-state index is 5.81. The second-order valence-electron chi connectivity index (χ2n) is 8.83. The normalized spacial score (nSPS) is 17.8. The highest BCUT2D eigenvalue weighted by Gasteiger charge is 2.17. The van der Waals surface area contributed by atoms with Gasteiger partial charge in [-0.3, -0.25) is 9.80 Å². The molecule has 0 unspecified atom stereocenters. The summed E-state index contributed by atoms with van der Waals surface area (Å²) in [6.45, 7) is 23.1. The second kappa shape index (κ2) is 12.3. The highest BCUT2D eigenvalue weighted by atomic mass is 16.5. The summed E-state index contributed by atoms with van der Waals surface area (Å²) in [5, 5.41) is 0. The number of ether oxygens (including phenoxy) is 4. The van der Waals surface area contributed by atoms with E-state index in [0.29, 0.717) is 26.4 Å². The van der Waals surface area contributed by atoms with Gasteiger partial charge >= 0.3 is 0 Å². The molecule has 0 atom stereocenters. The zero-order chi connectivity index (χ0) is 19.5. The highest BCUT2D eigenvalue weighted by molar-refractivity contribution is 4.72. The van der Waals surface area contributed by atoms with Gasteiger partial charge in [-0.25, -0.2) is 0 Å². The summed E-state index contributed by atoms with van der Waals surface area (Å²) in [7, 11) is 0. The average Bonchev–Trinajstić information content (AvgIpc) is 2.52. The van der Waals surface area contributed by atoms with Crippen molar-refractivity contribution in [2.24, 2.45) is 0 Å². The molecule has 0 bridgehead atoms. The number of piperazine rings is 1. The van der Waals surface area contributed by atoms with Gasteiger partial charge in [0.1, 0.15) is 0 Å². The van der Waals surface area contributed by atoms with Crippen LogP contribution in [0.4, 0.5) is 0 Å². The minimum atomic E-state index is -0.0938. The van der Waals surface area contributed by atoms with Crippen LogP contribution in [0.1, 0.15) is 41.5 Å². The van der Waals surface area contributed by atoms with E-state index in [-0.39, 0.29) is 11.2 Å². The molecule has 1 fully saturated rings. The first kappa shape index (κ1) is 23.8. The van der Waals surface area contributed by atoms with Crippen LogP contribution in [-0.4, -0.2) is 99.9 Å². The Labute approximate surface area is 161 Å². The topological polar surface area (TPSA) is 43.4 Å². The Morgan fingerprint density at radius 3 is 1.42 bits per heavy atom. The van der Waals surface area contributed by atoms with Crippen molar-refractivity contribution in [3.05, 3.63) is 0 Å². The summed E-state index contributed by atoms with van der Waals surface area (Å²) in [6, 6.07) is 0. The van der Waals surface area contributed by atoms with Crippen molar-refractivity contribution in [2.45, 2.75) is 52.7 Å². The molecule has 0 aliphatic carbocycles. The molecule has 0 aromatic heterocycles. The number of nitrogens with zero attached hydrogens (tertiary/aromatic N) is 2. The molecular formula is C20H42N2O4. The van der Waals surface area contributed by atoms with Gasteiger partial charge in [-0.05, 0) is 41.5 Å². The molecule has 26 heavy (non-hydrogen) atoms. The summed E-state index contributed by atoms with van der Waals surface area (Å²) >= 11 is 0. The van der Waals surface area contributed by atoms with Gasteiger partial charge in [0.25, 0.3) is 0 Å². The molecule has 1 heterocycles. The minimum Gasteiger partial charge on any atom is -0.378 e. The Bertz CT molecular complexity index is 345. The number of hydrogen-bond donors (Lipinski definition) is 0. The van der Waals surface area contributed by atoms with Crippen LogP contribution in [-0.2, 0) is 18.9 Å². The third-order valence-corrected chi connectivity index (χ3v) is 4.09. The molecule has 0 spiro atoms. The molecule has 0 aromatic carbocycles. The second-order valence-corrected chi connectivity index (χ2v) is 8.83. The Kier molecular flexibility index (Phi) is 11.2. The van der Waals surface area contributed by atoms with E-state index < -0.39 is 0 Å². The largest absolute Gasteiger partial charge is 0.378 e. The molecule has 156 valence electrons. The lowest BCUT2D eigenvalue weighted by atomic mass is 10.2. The molecule has 0 amide bonds. The molecule has 6 nitrogen and oxygen atoms in total. The Balaban J connectivity index is 1.89. The fourth-order valence-corrected chi connectivity index (χ4v) is 2.64. The van der Waals surface area contributed by atoms with Crippen LogP contribution >= 0.6 is 0 Å². The predicted octanol–water partition coefficient (Wildman–Crippen LogP) is 2.27. The van der Waals surface area contributed by atoms with Crippen LogP contribution in [0.3, 0.4) is 0 Å². The first-order valence-electron chi connectivity index (χ1n) is 10.0. The van der Waals surface area contributed by atoms with E-state index in [4.69, 9.17) is 18.9 Å². The van der Waals surface area contributed by atoms with E-state index in [9.17, 15) is 0 Å². The molecule has 0 aromatic rings. The van der Waals surface area contributed by atoms with Gasteiger partial charge in [-0.1, -0.05) is 0 Å². The van der Waals surface area contributed by atoms with Crippen molar-refractivity contribution >= 4 is 0 Å². The summed E-state index contributed by atoms with van der Waals surface area (Å²) in [5.41, 5.74) is -0.133. The van der Waals surface area contributed by atoms with E-state index in [1.807, 2.05) is 0 Å². The van der Waals surface area contributed by atoms with Crippen LogP contribution in [0.25, 0.3) is 0 Å². The molecule has 0 radical (unpaired) electrons. The van der Waals surface area contributed by atoms with Gasteiger partial charge in [0.15, 0.2) is 0 Å². The van der Waals surface area contributed by atoms with Gasteiger partial charge in [0, 0.05) is 39.3 Å². The van der Waals surface area contributed by atoms with Gasteiger partial charge in [0.05, 0.1) is 50.8 Å². The van der Waals surface area contributed by atoms with Crippen molar-refractivity contribution < 1.29 is 18.9 Å². The van der Waals surface area contributed by atoms with Crippen molar-refractivity contribution in [3.63, 3.8) is 0 Å². The summed E-state index contributed by atoms with van der Waals surface area (Å²) in [5.74, 6) is 0. The molecule has 1 aliphatic heterocycles. The zero-order valence-electron chi connectivity index (χ0n) is 18.0. The average molecular weight is 375 g/mol. The van der Waals surface area contributed by atoms with E-state index in [0.717, 1.165) is 52.5 Å². The van der Waals surface area contributed by atoms with Gasteiger partial charge in [-0.15, -0.1) is 0 Å². The smallest absolute Gasteiger partial charge is 0.0707 e. The van der Waals surface area contributed by atoms with Crippen molar-refractivity contribution in [1.29, 1.82) is 0 Å². The standard InChI is InChI=1S/C20H42N2O4/c1-19(2,3)25-14-12-22-9-7-21(8-10-22)11-13-23-15-16-24-17-18-26-20(4,5)6/h7-18H2,1-6H3. The van der Waals surface area contributed by atoms with Crippen LogP contribution in [0, 0.1) is 0 Å². The Hall–Kier alpha value is -0.240. The van der Waals surface area contributed by atoms with Crippen LogP contribution < -0.4 is 0 Å². The van der Waals surface area contributed by atoms with Crippen LogP contribution in [0.5, 0.6) is 0 Å². The van der Waals surface area contributed by atoms with E-state index in [1.165, 1.54) is 0 Å². The van der Waals surface area contributed by atoms with E-state index in [2.05, 4.69) is 51.3 Å². The van der Waals surface area contributed by atoms with Gasteiger partial charge in [0.2, 0.25) is 0 Å². The molecule has 1 aliphatic rings. The van der Waals surface area contributed by atoms with E-state index in [1.54, 1.807) is 0 Å². The Morgan fingerprint density at radius 1 is 0.538 bits per heavy atom. The van der Waals surface area contributed by atoms with Crippen LogP contribution in [0.15, 0.2) is 0 Å². The SMILES string of the molecule is CC(C)(C)OCCOCCOCCN1CCN(CCOC(C)(C)C)CC1. The summed E-state index contributed by atoms with van der Waals surface area (Å²) in [6.07, 6.45) is 0. The first-order chi connectivity index (χ1) is 12.2. The monoisotopic (exact) mass is 374 g/mol. The van der Waals surface area contributed by atoms with Gasteiger partial charge in [-0.2, -0.15) is 0 Å². The molecule has 0 N–H and O–H groups in total. The fourth-order valence-electron chi connectivity index (χ4n) is 2.64.